The molecule has 0 saturated heterocycles. The van der Waals surface area contributed by atoms with Gasteiger partial charge in [0.25, 0.3) is 0 Å². The fourth-order valence-electron chi connectivity index (χ4n) is 1.12. The molecule has 0 atom stereocenters. The number of benzene rings is 1. The molecular formula is C11H12O4. The van der Waals surface area contributed by atoms with Gasteiger partial charge in [-0.25, -0.2) is 4.79 Å². The quantitative estimate of drug-likeness (QED) is 0.609. The molecule has 4 heteroatoms. The summed E-state index contributed by atoms with van der Waals surface area (Å²) in [4.78, 5) is 10.3. The summed E-state index contributed by atoms with van der Waals surface area (Å²) in [7, 11) is 3.08. The number of carboxylic acids is 1. The summed E-state index contributed by atoms with van der Waals surface area (Å²) in [5.41, 5.74) is 0.745. The van der Waals surface area contributed by atoms with Crippen molar-refractivity contribution in [2.45, 2.75) is 0 Å². The van der Waals surface area contributed by atoms with Gasteiger partial charge in [0.1, 0.15) is 0 Å². The van der Waals surface area contributed by atoms with Gasteiger partial charge in [-0.15, -0.1) is 0 Å². The maximum Gasteiger partial charge on any atom is 0.328 e. The highest BCUT2D eigenvalue weighted by Gasteiger charge is 2.02. The molecule has 0 radical (unpaired) electrons. The summed E-state index contributed by atoms with van der Waals surface area (Å²) in [6.45, 7) is 0. The molecule has 0 aliphatic heterocycles. The van der Waals surface area contributed by atoms with E-state index in [1.165, 1.54) is 13.2 Å². The van der Waals surface area contributed by atoms with Gasteiger partial charge in [-0.05, 0) is 23.8 Å². The van der Waals surface area contributed by atoms with E-state index in [-0.39, 0.29) is 0 Å². The van der Waals surface area contributed by atoms with Crippen LogP contribution in [0.5, 0.6) is 11.5 Å². The van der Waals surface area contributed by atoms with Crippen molar-refractivity contribution >= 4 is 12.0 Å². The van der Waals surface area contributed by atoms with Gasteiger partial charge in [0, 0.05) is 6.08 Å². The Morgan fingerprint density at radius 2 is 1.93 bits per heavy atom. The molecule has 0 aliphatic carbocycles. The fourth-order valence-corrected chi connectivity index (χ4v) is 1.12. The molecule has 0 heterocycles. The Balaban J connectivity index is 2.97. The highest BCUT2D eigenvalue weighted by atomic mass is 16.5. The second kappa shape index (κ2) is 5.05. The molecule has 0 aliphatic rings. The van der Waals surface area contributed by atoms with Crippen LogP contribution in [0, 0.1) is 0 Å². The maximum absolute atomic E-state index is 10.3. The number of ether oxygens (including phenoxy) is 2. The fraction of sp³-hybridized carbons (Fsp3) is 0.182. The van der Waals surface area contributed by atoms with Crippen LogP contribution in [0.4, 0.5) is 0 Å². The minimum absolute atomic E-state index is 0.574. The third-order valence-corrected chi connectivity index (χ3v) is 1.83. The highest BCUT2D eigenvalue weighted by molar-refractivity contribution is 5.85. The Labute approximate surface area is 87.7 Å². The molecule has 80 valence electrons. The lowest BCUT2D eigenvalue weighted by Crippen LogP contribution is -1.91. The van der Waals surface area contributed by atoms with Crippen molar-refractivity contribution in [3.05, 3.63) is 29.8 Å². The second-order valence-corrected chi connectivity index (χ2v) is 2.79. The third-order valence-electron chi connectivity index (χ3n) is 1.83. The van der Waals surface area contributed by atoms with Crippen molar-refractivity contribution in [2.75, 3.05) is 14.2 Å². The Bertz CT molecular complexity index is 382. The topological polar surface area (TPSA) is 55.8 Å². The van der Waals surface area contributed by atoms with Gasteiger partial charge in [0.15, 0.2) is 11.5 Å². The van der Waals surface area contributed by atoms with Crippen molar-refractivity contribution in [3.8, 4) is 11.5 Å². The number of hydrogen-bond acceptors (Lipinski definition) is 3. The van der Waals surface area contributed by atoms with Crippen LogP contribution >= 0.6 is 0 Å². The molecule has 1 aromatic rings. The zero-order valence-corrected chi connectivity index (χ0v) is 8.56. The van der Waals surface area contributed by atoms with E-state index in [0.717, 1.165) is 11.6 Å². The number of carboxylic acid groups (broad SMARTS) is 1. The van der Waals surface area contributed by atoms with Crippen LogP contribution < -0.4 is 9.47 Å². The normalized spacial score (nSPS) is 10.3. The van der Waals surface area contributed by atoms with Crippen LogP contribution in [0.1, 0.15) is 5.56 Å². The predicted molar refractivity (Wildman–Crippen MR) is 56.2 cm³/mol. The van der Waals surface area contributed by atoms with Gasteiger partial charge in [-0.3, -0.25) is 0 Å². The van der Waals surface area contributed by atoms with E-state index in [0.29, 0.717) is 11.5 Å². The van der Waals surface area contributed by atoms with Gasteiger partial charge in [0.05, 0.1) is 14.2 Å². The maximum atomic E-state index is 10.3. The molecule has 0 saturated carbocycles. The zero-order chi connectivity index (χ0) is 11.3. The first-order valence-electron chi connectivity index (χ1n) is 4.30. The lowest BCUT2D eigenvalue weighted by Gasteiger charge is -2.07. The lowest BCUT2D eigenvalue weighted by molar-refractivity contribution is -0.131. The van der Waals surface area contributed by atoms with Gasteiger partial charge in [-0.1, -0.05) is 6.07 Å². The summed E-state index contributed by atoms with van der Waals surface area (Å²) >= 11 is 0. The van der Waals surface area contributed by atoms with E-state index in [9.17, 15) is 4.79 Å². The number of carbonyl (C=O) groups is 1. The summed E-state index contributed by atoms with van der Waals surface area (Å²) in [6.07, 6.45) is 2.56. The predicted octanol–water partition coefficient (Wildman–Crippen LogP) is 1.80. The number of hydrogen-bond donors (Lipinski definition) is 1. The van der Waals surface area contributed by atoms with Crippen molar-refractivity contribution in [2.24, 2.45) is 0 Å². The first-order chi connectivity index (χ1) is 7.17. The second-order valence-electron chi connectivity index (χ2n) is 2.79. The van der Waals surface area contributed by atoms with Crippen LogP contribution in [-0.2, 0) is 4.79 Å². The van der Waals surface area contributed by atoms with E-state index in [2.05, 4.69) is 0 Å². The molecule has 1 N–H and O–H groups in total. The molecule has 0 amide bonds. The van der Waals surface area contributed by atoms with E-state index >= 15 is 0 Å². The SMILES string of the molecule is COc1ccc([13CH]=[13CH][13C](=O)O)cc1OC. The molecule has 0 bridgehead atoms. The highest BCUT2D eigenvalue weighted by Crippen LogP contribution is 2.27. The lowest BCUT2D eigenvalue weighted by atomic mass is 10.2. The number of rotatable bonds is 4. The summed E-state index contributed by atoms with van der Waals surface area (Å²) in [6, 6.07) is 5.18. The standard InChI is InChI=1S/C11H12O4/c1-14-9-5-3-8(4-6-11(12)13)7-10(9)15-2/h3-7H,1-2H3,(H,12,13)/i4+1,6+1,11+1. The van der Waals surface area contributed by atoms with Crippen LogP contribution in [0.15, 0.2) is 24.3 Å². The first kappa shape index (κ1) is 11.1. The monoisotopic (exact) mass is 211 g/mol. The number of aliphatic carboxylic acids is 1. The van der Waals surface area contributed by atoms with E-state index < -0.39 is 5.97 Å². The molecule has 0 fully saturated rings. The molecule has 15 heavy (non-hydrogen) atoms. The van der Waals surface area contributed by atoms with Crippen molar-refractivity contribution in [1.29, 1.82) is 0 Å². The van der Waals surface area contributed by atoms with Crippen molar-refractivity contribution in [1.82, 2.24) is 0 Å². The third kappa shape index (κ3) is 3.02. The van der Waals surface area contributed by atoms with Gasteiger partial charge in [0.2, 0.25) is 0 Å². The average Bonchev–Trinajstić information content (AvgIpc) is 2.25. The summed E-state index contributed by atoms with van der Waals surface area (Å²) in [5.74, 6) is 0.208. The van der Waals surface area contributed by atoms with E-state index in [1.807, 2.05) is 0 Å². The zero-order valence-electron chi connectivity index (χ0n) is 8.56. The smallest absolute Gasteiger partial charge is 0.328 e. The van der Waals surface area contributed by atoms with E-state index in [1.54, 1.807) is 25.3 Å². The minimum Gasteiger partial charge on any atom is -0.493 e. The van der Waals surface area contributed by atoms with Crippen molar-refractivity contribution < 1.29 is 19.4 Å². The Morgan fingerprint density at radius 1 is 1.27 bits per heavy atom. The molecule has 1 aromatic carbocycles. The average molecular weight is 211 g/mol. The Kier molecular flexibility index (Phi) is 3.74. The molecule has 0 spiro atoms. The van der Waals surface area contributed by atoms with Gasteiger partial charge >= 0.3 is 5.97 Å². The van der Waals surface area contributed by atoms with Crippen molar-refractivity contribution in [3.63, 3.8) is 0 Å². The molecule has 0 aromatic heterocycles. The molecule has 1 rings (SSSR count). The summed E-state index contributed by atoms with van der Waals surface area (Å²) < 4.78 is 10.1. The first-order valence-corrected chi connectivity index (χ1v) is 4.30. The molecule has 0 unspecified atom stereocenters. The number of methoxy groups -OCH3 is 2. The van der Waals surface area contributed by atoms with Crippen LogP contribution in [-0.4, -0.2) is 25.3 Å². The van der Waals surface area contributed by atoms with Crippen LogP contribution in [0.3, 0.4) is 0 Å². The minimum atomic E-state index is -0.982. The van der Waals surface area contributed by atoms with Gasteiger partial charge in [-0.2, -0.15) is 0 Å². The van der Waals surface area contributed by atoms with Crippen LogP contribution in [0.25, 0.3) is 6.08 Å². The van der Waals surface area contributed by atoms with Gasteiger partial charge < -0.3 is 14.6 Å². The Hall–Kier alpha value is -1.97. The van der Waals surface area contributed by atoms with Crippen LogP contribution in [0.2, 0.25) is 0 Å². The largest absolute Gasteiger partial charge is 0.493 e. The van der Waals surface area contributed by atoms with E-state index in [4.69, 9.17) is 14.6 Å². The molecule has 4 nitrogen and oxygen atoms in total. The molecular weight excluding hydrogens is 199 g/mol. The Morgan fingerprint density at radius 3 is 2.47 bits per heavy atom. The summed E-state index contributed by atoms with van der Waals surface area (Å²) in [5, 5.41) is 8.46.